The monoisotopic (exact) mass is 386 g/mol. The number of hydrogen-bond donors (Lipinski definition) is 2. The maximum absolute atomic E-state index is 12.0. The van der Waals surface area contributed by atoms with E-state index < -0.39 is 0 Å². The maximum Gasteiger partial charge on any atom is 0.323 e. The molecule has 2 aromatic carbocycles. The number of hydrogen-bond acceptors (Lipinski definition) is 1. The third-order valence-corrected chi connectivity index (χ3v) is 4.21. The van der Waals surface area contributed by atoms with E-state index in [2.05, 4.69) is 26.6 Å². The van der Waals surface area contributed by atoms with Gasteiger partial charge in [-0.15, -0.1) is 0 Å². The first kappa shape index (κ1) is 16.1. The van der Waals surface area contributed by atoms with Crippen LogP contribution >= 0.6 is 39.1 Å². The number of amides is 2. The zero-order chi connectivity index (χ0) is 15.6. The highest BCUT2D eigenvalue weighted by Crippen LogP contribution is 2.28. The summed E-state index contributed by atoms with van der Waals surface area (Å²) in [6, 6.07) is 8.51. The summed E-state index contributed by atoms with van der Waals surface area (Å²) in [5.41, 5.74) is 3.40. The Bertz CT molecular complexity index is 681. The van der Waals surface area contributed by atoms with Gasteiger partial charge in [0.15, 0.2) is 0 Å². The maximum atomic E-state index is 12.0. The highest BCUT2D eigenvalue weighted by Gasteiger charge is 2.10. The van der Waals surface area contributed by atoms with Gasteiger partial charge in [-0.3, -0.25) is 0 Å². The van der Waals surface area contributed by atoms with Gasteiger partial charge in [-0.1, -0.05) is 29.3 Å². The second-order valence-corrected chi connectivity index (χ2v) is 6.32. The fourth-order valence-electron chi connectivity index (χ4n) is 1.92. The minimum atomic E-state index is -0.346. The SMILES string of the molecule is Cc1cc(C)c(NC(=O)Nc2ccc(Cl)c(Cl)c2)c(Br)c1. The first-order valence-corrected chi connectivity index (χ1v) is 7.71. The number of carbonyl (C=O) groups excluding carboxylic acids is 1. The van der Waals surface area contributed by atoms with E-state index in [4.69, 9.17) is 23.2 Å². The number of aryl methyl sites for hydroxylation is 2. The molecule has 0 heterocycles. The van der Waals surface area contributed by atoms with E-state index in [-0.39, 0.29) is 6.03 Å². The number of carbonyl (C=O) groups is 1. The van der Waals surface area contributed by atoms with E-state index in [1.54, 1.807) is 18.2 Å². The summed E-state index contributed by atoms with van der Waals surface area (Å²) in [5, 5.41) is 6.36. The average molecular weight is 388 g/mol. The molecule has 0 unspecified atom stereocenters. The molecule has 110 valence electrons. The highest BCUT2D eigenvalue weighted by molar-refractivity contribution is 9.10. The van der Waals surface area contributed by atoms with E-state index in [1.165, 1.54) is 0 Å². The van der Waals surface area contributed by atoms with Gasteiger partial charge >= 0.3 is 6.03 Å². The van der Waals surface area contributed by atoms with Crippen LogP contribution in [0.4, 0.5) is 16.2 Å². The minimum absolute atomic E-state index is 0.346. The van der Waals surface area contributed by atoms with Gasteiger partial charge in [0.2, 0.25) is 0 Å². The van der Waals surface area contributed by atoms with Crippen LogP contribution in [0.25, 0.3) is 0 Å². The number of anilines is 2. The Morgan fingerprint density at radius 3 is 2.38 bits per heavy atom. The molecule has 2 aromatic rings. The Kier molecular flexibility index (Phi) is 5.14. The van der Waals surface area contributed by atoms with Crippen molar-refractivity contribution in [3.8, 4) is 0 Å². The van der Waals surface area contributed by atoms with Crippen LogP contribution in [0.5, 0.6) is 0 Å². The van der Waals surface area contributed by atoms with Gasteiger partial charge in [0, 0.05) is 10.2 Å². The molecule has 2 N–H and O–H groups in total. The summed E-state index contributed by atoms with van der Waals surface area (Å²) in [7, 11) is 0. The van der Waals surface area contributed by atoms with Crippen LogP contribution in [-0.2, 0) is 0 Å². The van der Waals surface area contributed by atoms with Crippen molar-refractivity contribution in [3.05, 3.63) is 56.0 Å². The molecule has 0 bridgehead atoms. The van der Waals surface area contributed by atoms with Crippen LogP contribution < -0.4 is 10.6 Å². The minimum Gasteiger partial charge on any atom is -0.308 e. The van der Waals surface area contributed by atoms with Crippen LogP contribution in [0.1, 0.15) is 11.1 Å². The molecular formula is C15H13BrCl2N2O. The Morgan fingerprint density at radius 1 is 1.05 bits per heavy atom. The normalized spacial score (nSPS) is 10.3. The summed E-state index contributed by atoms with van der Waals surface area (Å²) in [5.74, 6) is 0. The summed E-state index contributed by atoms with van der Waals surface area (Å²) < 4.78 is 0.837. The number of benzene rings is 2. The molecule has 6 heteroatoms. The molecule has 0 atom stereocenters. The van der Waals surface area contributed by atoms with Crippen LogP contribution in [0.2, 0.25) is 10.0 Å². The summed E-state index contributed by atoms with van der Waals surface area (Å²) in [4.78, 5) is 12.0. The zero-order valence-corrected chi connectivity index (χ0v) is 14.5. The fraction of sp³-hybridized carbons (Fsp3) is 0.133. The number of nitrogens with one attached hydrogen (secondary N) is 2. The van der Waals surface area contributed by atoms with E-state index in [9.17, 15) is 4.79 Å². The highest BCUT2D eigenvalue weighted by atomic mass is 79.9. The predicted molar refractivity (Wildman–Crippen MR) is 92.7 cm³/mol. The lowest BCUT2D eigenvalue weighted by Crippen LogP contribution is -2.20. The van der Waals surface area contributed by atoms with Crippen LogP contribution in [0.15, 0.2) is 34.8 Å². The van der Waals surface area contributed by atoms with Gasteiger partial charge in [0.05, 0.1) is 15.7 Å². The number of halogens is 3. The fourth-order valence-corrected chi connectivity index (χ4v) is 2.99. The van der Waals surface area contributed by atoms with Crippen molar-refractivity contribution in [2.24, 2.45) is 0 Å². The summed E-state index contributed by atoms with van der Waals surface area (Å²) in [6.45, 7) is 3.93. The Labute approximate surface area is 141 Å². The summed E-state index contributed by atoms with van der Waals surface area (Å²) in [6.07, 6.45) is 0. The molecule has 2 amide bonds. The quantitative estimate of drug-likeness (QED) is 0.650. The van der Waals surface area contributed by atoms with Crippen molar-refractivity contribution >= 4 is 56.5 Å². The van der Waals surface area contributed by atoms with Gasteiger partial charge in [-0.05, 0) is 65.2 Å². The Morgan fingerprint density at radius 2 is 1.76 bits per heavy atom. The molecule has 0 spiro atoms. The lowest BCUT2D eigenvalue weighted by molar-refractivity contribution is 0.262. The lowest BCUT2D eigenvalue weighted by Gasteiger charge is -2.13. The van der Waals surface area contributed by atoms with Crippen molar-refractivity contribution in [3.63, 3.8) is 0 Å². The van der Waals surface area contributed by atoms with Crippen molar-refractivity contribution < 1.29 is 4.79 Å². The summed E-state index contributed by atoms with van der Waals surface area (Å²) >= 11 is 15.2. The first-order chi connectivity index (χ1) is 9.86. The number of urea groups is 1. The van der Waals surface area contributed by atoms with E-state index in [0.717, 1.165) is 21.3 Å². The van der Waals surface area contributed by atoms with Gasteiger partial charge in [-0.2, -0.15) is 0 Å². The van der Waals surface area contributed by atoms with Crippen molar-refractivity contribution in [2.75, 3.05) is 10.6 Å². The molecule has 0 saturated heterocycles. The molecule has 0 saturated carbocycles. The third-order valence-electron chi connectivity index (χ3n) is 2.85. The second kappa shape index (κ2) is 6.69. The largest absolute Gasteiger partial charge is 0.323 e. The molecule has 0 aliphatic rings. The smallest absolute Gasteiger partial charge is 0.308 e. The third kappa shape index (κ3) is 4.13. The molecule has 21 heavy (non-hydrogen) atoms. The Hall–Kier alpha value is -1.23. The molecule has 3 nitrogen and oxygen atoms in total. The van der Waals surface area contributed by atoms with Gasteiger partial charge in [-0.25, -0.2) is 4.79 Å². The number of rotatable bonds is 2. The predicted octanol–water partition coefficient (Wildman–Crippen LogP) is 6.02. The van der Waals surface area contributed by atoms with E-state index >= 15 is 0 Å². The molecule has 0 fully saturated rings. The average Bonchev–Trinajstić information content (AvgIpc) is 2.38. The molecule has 0 aromatic heterocycles. The molecule has 0 radical (unpaired) electrons. The molecule has 0 aliphatic heterocycles. The van der Waals surface area contributed by atoms with E-state index in [1.807, 2.05) is 26.0 Å². The molecule has 0 aliphatic carbocycles. The standard InChI is InChI=1S/C15H13BrCl2N2O/c1-8-5-9(2)14(11(16)6-8)20-15(21)19-10-3-4-12(17)13(18)7-10/h3-7H,1-2H3,(H2,19,20,21). The van der Waals surface area contributed by atoms with E-state index in [0.29, 0.717) is 15.7 Å². The molecular weight excluding hydrogens is 375 g/mol. The first-order valence-electron chi connectivity index (χ1n) is 6.16. The lowest BCUT2D eigenvalue weighted by atomic mass is 10.1. The van der Waals surface area contributed by atoms with Crippen molar-refractivity contribution in [1.29, 1.82) is 0 Å². The Balaban J connectivity index is 2.13. The van der Waals surface area contributed by atoms with Crippen LogP contribution in [0, 0.1) is 13.8 Å². The van der Waals surface area contributed by atoms with Crippen LogP contribution in [-0.4, -0.2) is 6.03 Å². The molecule has 2 rings (SSSR count). The zero-order valence-electron chi connectivity index (χ0n) is 11.4. The topological polar surface area (TPSA) is 41.1 Å². The second-order valence-electron chi connectivity index (χ2n) is 4.65. The van der Waals surface area contributed by atoms with Crippen molar-refractivity contribution in [2.45, 2.75) is 13.8 Å². The van der Waals surface area contributed by atoms with Gasteiger partial charge < -0.3 is 10.6 Å². The van der Waals surface area contributed by atoms with Crippen molar-refractivity contribution in [1.82, 2.24) is 0 Å². The van der Waals surface area contributed by atoms with Gasteiger partial charge in [0.1, 0.15) is 0 Å². The van der Waals surface area contributed by atoms with Crippen LogP contribution in [0.3, 0.4) is 0 Å². The van der Waals surface area contributed by atoms with Gasteiger partial charge in [0.25, 0.3) is 0 Å².